The lowest BCUT2D eigenvalue weighted by Gasteiger charge is -2.06. The Hall–Kier alpha value is -1.90. The normalized spacial score (nSPS) is 10.4. The molecule has 0 unspecified atom stereocenters. The highest BCUT2D eigenvalue weighted by Gasteiger charge is 2.05. The molecule has 82 valence electrons. The third kappa shape index (κ3) is 2.57. The van der Waals surface area contributed by atoms with E-state index in [-0.39, 0.29) is 5.75 Å². The quantitative estimate of drug-likeness (QED) is 0.760. The van der Waals surface area contributed by atoms with Gasteiger partial charge < -0.3 is 4.74 Å². The molecule has 0 N–H and O–H groups in total. The Morgan fingerprint density at radius 3 is 2.19 bits per heavy atom. The zero-order valence-electron chi connectivity index (χ0n) is 8.44. The zero-order chi connectivity index (χ0) is 11.4. The minimum Gasteiger partial charge on any atom is -0.435 e. The Morgan fingerprint density at radius 1 is 0.812 bits per heavy atom. The molecule has 0 fully saturated rings. The van der Waals surface area contributed by atoms with Crippen LogP contribution in [0.2, 0.25) is 0 Å². The molecule has 2 aromatic carbocycles. The predicted octanol–water partition coefficient (Wildman–Crippen LogP) is 3.96. The molecule has 1 nitrogen and oxygen atoms in total. The van der Waals surface area contributed by atoms with Gasteiger partial charge in [-0.05, 0) is 23.3 Å². The third-order valence-corrected chi connectivity index (χ3v) is 2.17. The summed E-state index contributed by atoms with van der Waals surface area (Å²) in [5.41, 5.74) is 1.83. The molecule has 3 heteroatoms. The maximum atomic E-state index is 12.0. The van der Waals surface area contributed by atoms with E-state index in [9.17, 15) is 8.78 Å². The first-order chi connectivity index (χ1) is 7.75. The topological polar surface area (TPSA) is 9.23 Å². The van der Waals surface area contributed by atoms with E-state index in [0.29, 0.717) is 0 Å². The first-order valence-corrected chi connectivity index (χ1v) is 4.86. The van der Waals surface area contributed by atoms with Crippen LogP contribution in [-0.2, 0) is 0 Å². The van der Waals surface area contributed by atoms with E-state index in [1.165, 1.54) is 6.07 Å². The number of hydrogen-bond donors (Lipinski definition) is 0. The Labute approximate surface area is 92.3 Å². The second kappa shape index (κ2) is 4.75. The van der Waals surface area contributed by atoms with Gasteiger partial charge in [0, 0.05) is 0 Å². The summed E-state index contributed by atoms with van der Waals surface area (Å²) in [6.07, 6.45) is 0. The molecule has 0 saturated carbocycles. The highest BCUT2D eigenvalue weighted by atomic mass is 19.3. The highest BCUT2D eigenvalue weighted by molar-refractivity contribution is 5.64. The van der Waals surface area contributed by atoms with Crippen LogP contribution in [0.3, 0.4) is 0 Å². The van der Waals surface area contributed by atoms with E-state index in [0.717, 1.165) is 11.1 Å². The van der Waals surface area contributed by atoms with Gasteiger partial charge in [-0.1, -0.05) is 42.5 Å². The molecular formula is C13H10F2O. The Kier molecular flexibility index (Phi) is 3.15. The van der Waals surface area contributed by atoms with Crippen molar-refractivity contribution in [2.75, 3.05) is 0 Å². The van der Waals surface area contributed by atoms with Gasteiger partial charge >= 0.3 is 6.61 Å². The summed E-state index contributed by atoms with van der Waals surface area (Å²) in [5.74, 6) is 0.177. The smallest absolute Gasteiger partial charge is 0.387 e. The minimum atomic E-state index is -2.79. The first kappa shape index (κ1) is 10.6. The van der Waals surface area contributed by atoms with E-state index < -0.39 is 6.61 Å². The van der Waals surface area contributed by atoms with Gasteiger partial charge in [0.05, 0.1) is 0 Å². The van der Waals surface area contributed by atoms with Crippen molar-refractivity contribution in [1.29, 1.82) is 0 Å². The maximum Gasteiger partial charge on any atom is 0.387 e. The molecule has 0 aliphatic heterocycles. The van der Waals surface area contributed by atoms with E-state index in [4.69, 9.17) is 0 Å². The van der Waals surface area contributed by atoms with Gasteiger partial charge in [-0.25, -0.2) is 0 Å². The van der Waals surface area contributed by atoms with Crippen molar-refractivity contribution in [3.63, 3.8) is 0 Å². The Balaban J connectivity index is 2.29. The summed E-state index contributed by atoms with van der Waals surface area (Å²) in [4.78, 5) is 0. The van der Waals surface area contributed by atoms with Gasteiger partial charge in [-0.15, -0.1) is 0 Å². The van der Waals surface area contributed by atoms with Gasteiger partial charge in [0.1, 0.15) is 5.75 Å². The van der Waals surface area contributed by atoms with Crippen LogP contribution in [0.15, 0.2) is 54.6 Å². The van der Waals surface area contributed by atoms with E-state index >= 15 is 0 Å². The predicted molar refractivity (Wildman–Crippen MR) is 58.5 cm³/mol. The van der Waals surface area contributed by atoms with Crippen molar-refractivity contribution >= 4 is 0 Å². The van der Waals surface area contributed by atoms with Crippen molar-refractivity contribution in [3.8, 4) is 16.9 Å². The van der Waals surface area contributed by atoms with E-state index in [1.54, 1.807) is 12.1 Å². The summed E-state index contributed by atoms with van der Waals surface area (Å²) < 4.78 is 28.4. The van der Waals surface area contributed by atoms with Crippen molar-refractivity contribution in [2.24, 2.45) is 0 Å². The second-order valence-corrected chi connectivity index (χ2v) is 3.27. The van der Waals surface area contributed by atoms with Crippen LogP contribution in [0.4, 0.5) is 8.78 Å². The van der Waals surface area contributed by atoms with E-state index in [1.807, 2.05) is 36.4 Å². The van der Waals surface area contributed by atoms with Crippen LogP contribution in [0.25, 0.3) is 11.1 Å². The van der Waals surface area contributed by atoms with Crippen molar-refractivity contribution < 1.29 is 13.5 Å². The van der Waals surface area contributed by atoms with Crippen LogP contribution >= 0.6 is 0 Å². The van der Waals surface area contributed by atoms with Crippen LogP contribution in [0.5, 0.6) is 5.75 Å². The number of rotatable bonds is 3. The van der Waals surface area contributed by atoms with Crippen LogP contribution < -0.4 is 4.74 Å². The Bertz CT molecular complexity index is 454. The fourth-order valence-electron chi connectivity index (χ4n) is 1.48. The van der Waals surface area contributed by atoms with Gasteiger partial charge in [-0.3, -0.25) is 0 Å². The van der Waals surface area contributed by atoms with Crippen molar-refractivity contribution in [1.82, 2.24) is 0 Å². The van der Waals surface area contributed by atoms with E-state index in [2.05, 4.69) is 4.74 Å². The van der Waals surface area contributed by atoms with Gasteiger partial charge in [-0.2, -0.15) is 8.78 Å². The SMILES string of the molecule is FC(F)Oc1cccc(-c2ccccc2)c1. The van der Waals surface area contributed by atoms with Gasteiger partial charge in [0.25, 0.3) is 0 Å². The summed E-state index contributed by atoms with van der Waals surface area (Å²) in [5, 5.41) is 0. The molecule has 16 heavy (non-hydrogen) atoms. The molecule has 0 atom stereocenters. The number of hydrogen-bond acceptors (Lipinski definition) is 1. The number of benzene rings is 2. The zero-order valence-corrected chi connectivity index (χ0v) is 8.44. The first-order valence-electron chi connectivity index (χ1n) is 4.86. The lowest BCUT2D eigenvalue weighted by Crippen LogP contribution is -2.01. The summed E-state index contributed by atoms with van der Waals surface area (Å²) >= 11 is 0. The number of halogens is 2. The average molecular weight is 220 g/mol. The molecule has 0 radical (unpaired) electrons. The highest BCUT2D eigenvalue weighted by Crippen LogP contribution is 2.24. The summed E-state index contributed by atoms with van der Waals surface area (Å²) in [7, 11) is 0. The minimum absolute atomic E-state index is 0.177. The van der Waals surface area contributed by atoms with Gasteiger partial charge in [0.2, 0.25) is 0 Å². The molecular weight excluding hydrogens is 210 g/mol. The molecule has 0 aliphatic carbocycles. The largest absolute Gasteiger partial charge is 0.435 e. The second-order valence-electron chi connectivity index (χ2n) is 3.27. The fraction of sp³-hybridized carbons (Fsp3) is 0.0769. The molecule has 0 aromatic heterocycles. The standard InChI is InChI=1S/C13H10F2O/c14-13(15)16-12-8-4-7-11(9-12)10-5-2-1-3-6-10/h1-9,13H. The maximum absolute atomic E-state index is 12.0. The summed E-state index contributed by atoms with van der Waals surface area (Å²) in [6.45, 7) is -2.79. The van der Waals surface area contributed by atoms with Gasteiger partial charge in [0.15, 0.2) is 0 Å². The molecule has 0 bridgehead atoms. The van der Waals surface area contributed by atoms with Crippen LogP contribution in [0, 0.1) is 0 Å². The number of ether oxygens (including phenoxy) is 1. The molecule has 0 aliphatic rings. The lowest BCUT2D eigenvalue weighted by molar-refractivity contribution is -0.0498. The third-order valence-electron chi connectivity index (χ3n) is 2.17. The molecule has 0 heterocycles. The monoisotopic (exact) mass is 220 g/mol. The molecule has 2 aromatic rings. The number of alkyl halides is 2. The van der Waals surface area contributed by atoms with Crippen molar-refractivity contribution in [3.05, 3.63) is 54.6 Å². The van der Waals surface area contributed by atoms with Crippen molar-refractivity contribution in [2.45, 2.75) is 6.61 Å². The molecule has 0 spiro atoms. The van der Waals surface area contributed by atoms with Crippen LogP contribution in [-0.4, -0.2) is 6.61 Å². The lowest BCUT2D eigenvalue weighted by atomic mass is 10.1. The van der Waals surface area contributed by atoms with Crippen LogP contribution in [0.1, 0.15) is 0 Å². The molecule has 0 amide bonds. The average Bonchev–Trinajstić information content (AvgIpc) is 2.30. The molecule has 2 rings (SSSR count). The summed E-state index contributed by atoms with van der Waals surface area (Å²) in [6, 6.07) is 16.2. The Morgan fingerprint density at radius 2 is 1.50 bits per heavy atom. The fourth-order valence-corrected chi connectivity index (χ4v) is 1.48. The molecule has 0 saturated heterocycles.